The molecule has 1 unspecified atom stereocenters. The number of carbonyl (C=O) groups excluding carboxylic acids is 2. The maximum atomic E-state index is 13.8. The number of piperazine rings is 1. The summed E-state index contributed by atoms with van der Waals surface area (Å²) >= 11 is 0. The van der Waals surface area contributed by atoms with Gasteiger partial charge in [0.25, 0.3) is 0 Å². The summed E-state index contributed by atoms with van der Waals surface area (Å²) in [7, 11) is -2.13. The van der Waals surface area contributed by atoms with Crippen LogP contribution in [0.2, 0.25) is 0 Å². The number of likely N-dealkylation sites (N-methyl/N-ethyl adjacent to an activating group) is 1. The van der Waals surface area contributed by atoms with Gasteiger partial charge >= 0.3 is 0 Å². The fourth-order valence-electron chi connectivity index (χ4n) is 6.19. The highest BCUT2D eigenvalue weighted by atomic mass is 32.2. The molecule has 1 amide bonds. The topological polar surface area (TPSA) is 131 Å². The van der Waals surface area contributed by atoms with Crippen LogP contribution in [0.3, 0.4) is 0 Å². The molecule has 6 rings (SSSR count). The molecule has 3 aliphatic heterocycles. The minimum absolute atomic E-state index is 0.0855. The van der Waals surface area contributed by atoms with E-state index in [1.54, 1.807) is 6.07 Å². The maximum absolute atomic E-state index is 13.8. The number of halogens is 2. The molecule has 3 aromatic rings. The molecular formula is C31H37F2N7O4S. The van der Waals surface area contributed by atoms with Gasteiger partial charge in [-0.05, 0) is 56.8 Å². The zero-order valence-electron chi connectivity index (χ0n) is 25.1. The first-order valence-corrected chi connectivity index (χ1v) is 16.7. The van der Waals surface area contributed by atoms with Crippen molar-refractivity contribution < 1.29 is 26.8 Å². The number of benzene rings is 2. The van der Waals surface area contributed by atoms with Crippen molar-refractivity contribution in [3.05, 3.63) is 70.5 Å². The lowest BCUT2D eigenvalue weighted by atomic mass is 9.99. The first-order chi connectivity index (χ1) is 21.6. The number of nitrogens with zero attached hydrogens (tertiary/aromatic N) is 4. The van der Waals surface area contributed by atoms with Crippen molar-refractivity contribution in [1.29, 1.82) is 0 Å². The first-order valence-electron chi connectivity index (χ1n) is 15.2. The summed E-state index contributed by atoms with van der Waals surface area (Å²) in [5.74, 6) is -2.44. The van der Waals surface area contributed by atoms with Gasteiger partial charge < -0.3 is 20.4 Å². The van der Waals surface area contributed by atoms with Crippen LogP contribution in [-0.4, -0.2) is 91.9 Å². The minimum Gasteiger partial charge on any atom is -0.369 e. The molecule has 3 aliphatic rings. The molecule has 2 aromatic carbocycles. The SMILES string of the molecule is CN1CCN(c2ccc(C(=O)Cc3n[nH]c4c3CN(S(=O)(=O)c3cc(F)cc(F)c3)CC4)c(NC(=O)C3CCCCN3)c2)CC1. The van der Waals surface area contributed by atoms with Gasteiger partial charge in [0.2, 0.25) is 15.9 Å². The standard InChI is InChI=1S/C31H37F2N7O4S/c1-38-10-12-39(13-11-38)22-5-6-24(28(17-22)35-31(42)27-4-2-3-8-34-27)30(41)18-29-25-19-40(9-7-26(25)36-37-29)45(43,44)23-15-20(32)14-21(33)16-23/h5-6,14-17,27,34H,2-4,7-13,18-19H2,1H3,(H,35,42)(H,36,37). The Balaban J connectivity index is 1.24. The number of anilines is 2. The number of piperidine rings is 1. The number of hydrogen-bond donors (Lipinski definition) is 3. The number of sulfonamides is 1. The number of aromatic nitrogens is 2. The highest BCUT2D eigenvalue weighted by molar-refractivity contribution is 7.89. The van der Waals surface area contributed by atoms with E-state index in [4.69, 9.17) is 0 Å². The molecule has 14 heteroatoms. The predicted octanol–water partition coefficient (Wildman–Crippen LogP) is 2.69. The number of H-pyrrole nitrogens is 1. The van der Waals surface area contributed by atoms with E-state index in [2.05, 4.69) is 37.7 Å². The molecule has 4 heterocycles. The van der Waals surface area contributed by atoms with Crippen molar-refractivity contribution in [2.24, 2.45) is 0 Å². The van der Waals surface area contributed by atoms with E-state index < -0.39 is 26.6 Å². The maximum Gasteiger partial charge on any atom is 0.243 e. The van der Waals surface area contributed by atoms with Gasteiger partial charge in [-0.3, -0.25) is 14.7 Å². The van der Waals surface area contributed by atoms with Crippen molar-refractivity contribution in [1.82, 2.24) is 24.7 Å². The van der Waals surface area contributed by atoms with Crippen LogP contribution in [0.4, 0.5) is 20.2 Å². The molecule has 1 atom stereocenters. The molecule has 0 saturated carbocycles. The van der Waals surface area contributed by atoms with Gasteiger partial charge in [-0.2, -0.15) is 9.40 Å². The molecule has 0 bridgehead atoms. The Labute approximate surface area is 261 Å². The second kappa shape index (κ2) is 12.9. The minimum atomic E-state index is -4.21. The summed E-state index contributed by atoms with van der Waals surface area (Å²) < 4.78 is 55.4. The molecule has 3 N–H and O–H groups in total. The molecule has 0 aliphatic carbocycles. The van der Waals surface area contributed by atoms with E-state index >= 15 is 0 Å². The summed E-state index contributed by atoms with van der Waals surface area (Å²) in [5, 5.41) is 13.5. The molecule has 1 aromatic heterocycles. The van der Waals surface area contributed by atoms with Crippen LogP contribution in [0, 0.1) is 11.6 Å². The van der Waals surface area contributed by atoms with Gasteiger partial charge in [0.05, 0.1) is 28.7 Å². The van der Waals surface area contributed by atoms with Crippen molar-refractivity contribution >= 4 is 33.1 Å². The fourth-order valence-corrected chi connectivity index (χ4v) is 7.64. The molecule has 0 radical (unpaired) electrons. The highest BCUT2D eigenvalue weighted by Crippen LogP contribution is 2.30. The molecule has 0 spiro atoms. The van der Waals surface area contributed by atoms with Gasteiger partial charge in [-0.25, -0.2) is 17.2 Å². The highest BCUT2D eigenvalue weighted by Gasteiger charge is 2.33. The number of Topliss-reactive ketones (excluding diaryl/α,β-unsaturated/α-hetero) is 1. The number of aromatic amines is 1. The lowest BCUT2D eigenvalue weighted by molar-refractivity contribution is -0.118. The third kappa shape index (κ3) is 6.78. The average molecular weight is 642 g/mol. The fraction of sp³-hybridized carbons (Fsp3) is 0.452. The summed E-state index contributed by atoms with van der Waals surface area (Å²) in [6.07, 6.45) is 2.84. The van der Waals surface area contributed by atoms with E-state index in [0.717, 1.165) is 67.7 Å². The van der Waals surface area contributed by atoms with Crippen LogP contribution in [0.5, 0.6) is 0 Å². The summed E-state index contributed by atoms with van der Waals surface area (Å²) in [6, 6.07) is 7.33. The second-order valence-corrected chi connectivity index (χ2v) is 13.9. The molecule has 2 saturated heterocycles. The largest absolute Gasteiger partial charge is 0.369 e. The third-order valence-corrected chi connectivity index (χ3v) is 10.7. The Bertz CT molecular complexity index is 1680. The van der Waals surface area contributed by atoms with Gasteiger partial charge in [0.15, 0.2) is 5.78 Å². The van der Waals surface area contributed by atoms with Crippen LogP contribution in [-0.2, 0) is 34.2 Å². The Morgan fingerprint density at radius 1 is 1.02 bits per heavy atom. The van der Waals surface area contributed by atoms with Crippen LogP contribution in [0.15, 0.2) is 41.3 Å². The van der Waals surface area contributed by atoms with Gasteiger partial charge in [-0.15, -0.1) is 0 Å². The number of amides is 1. The lowest BCUT2D eigenvalue weighted by Crippen LogP contribution is -2.44. The van der Waals surface area contributed by atoms with E-state index in [1.165, 1.54) is 0 Å². The van der Waals surface area contributed by atoms with Crippen LogP contribution < -0.4 is 15.5 Å². The Kier molecular flexibility index (Phi) is 9.00. The van der Waals surface area contributed by atoms with E-state index in [-0.39, 0.29) is 37.2 Å². The van der Waals surface area contributed by atoms with Crippen molar-refractivity contribution in [3.63, 3.8) is 0 Å². The number of nitrogens with one attached hydrogen (secondary N) is 3. The van der Waals surface area contributed by atoms with E-state index in [9.17, 15) is 26.8 Å². The van der Waals surface area contributed by atoms with Gasteiger partial charge in [0.1, 0.15) is 11.6 Å². The summed E-state index contributed by atoms with van der Waals surface area (Å²) in [4.78, 5) is 31.1. The number of fused-ring (bicyclic) bond motifs is 1. The number of rotatable bonds is 8. The molecule has 240 valence electrons. The van der Waals surface area contributed by atoms with Crippen molar-refractivity contribution in [3.8, 4) is 0 Å². The van der Waals surface area contributed by atoms with E-state index in [1.807, 2.05) is 12.1 Å². The first kappa shape index (κ1) is 31.3. The number of ketones is 1. The van der Waals surface area contributed by atoms with Gasteiger partial charge in [0, 0.05) is 74.3 Å². The van der Waals surface area contributed by atoms with Crippen molar-refractivity contribution in [2.45, 2.75) is 49.6 Å². The monoisotopic (exact) mass is 641 g/mol. The molecular weight excluding hydrogens is 604 g/mol. The van der Waals surface area contributed by atoms with Crippen molar-refractivity contribution in [2.75, 3.05) is 56.5 Å². The Morgan fingerprint density at radius 3 is 2.49 bits per heavy atom. The predicted molar refractivity (Wildman–Crippen MR) is 165 cm³/mol. The van der Waals surface area contributed by atoms with Crippen LogP contribution >= 0.6 is 0 Å². The normalized spacial score (nSPS) is 19.7. The zero-order chi connectivity index (χ0) is 31.7. The quantitative estimate of drug-likeness (QED) is 0.320. The molecule has 45 heavy (non-hydrogen) atoms. The average Bonchev–Trinajstić information content (AvgIpc) is 3.43. The zero-order valence-corrected chi connectivity index (χ0v) is 25.9. The summed E-state index contributed by atoms with van der Waals surface area (Å²) in [6.45, 7) is 4.19. The van der Waals surface area contributed by atoms with Gasteiger partial charge in [-0.1, -0.05) is 6.42 Å². The van der Waals surface area contributed by atoms with Crippen LogP contribution in [0.25, 0.3) is 0 Å². The molecule has 2 fully saturated rings. The summed E-state index contributed by atoms with van der Waals surface area (Å²) in [5.41, 5.74) is 3.32. The smallest absolute Gasteiger partial charge is 0.243 e. The number of carbonyl (C=O) groups is 2. The molecule has 11 nitrogen and oxygen atoms in total. The van der Waals surface area contributed by atoms with E-state index in [0.29, 0.717) is 47.1 Å². The lowest BCUT2D eigenvalue weighted by Gasteiger charge is -2.34. The number of hydrogen-bond acceptors (Lipinski definition) is 8. The second-order valence-electron chi connectivity index (χ2n) is 11.9. The van der Waals surface area contributed by atoms with Crippen LogP contribution in [0.1, 0.15) is 46.6 Å². The Hall–Kier alpha value is -3.72. The third-order valence-electron chi connectivity index (χ3n) is 8.84. The Morgan fingerprint density at radius 2 is 1.78 bits per heavy atom.